The van der Waals surface area contributed by atoms with Crippen molar-refractivity contribution >= 4 is 11.8 Å². The van der Waals surface area contributed by atoms with Crippen LogP contribution in [0.25, 0.3) is 0 Å². The monoisotopic (exact) mass is 382 g/mol. The van der Waals surface area contributed by atoms with E-state index in [1.54, 1.807) is 11.8 Å². The van der Waals surface area contributed by atoms with Crippen LogP contribution >= 0.6 is 0 Å². The van der Waals surface area contributed by atoms with Crippen molar-refractivity contribution in [3.05, 3.63) is 59.7 Å². The highest BCUT2D eigenvalue weighted by atomic mass is 16.7. The molecule has 2 aromatic carbocycles. The standard InChI is InChI=1S/C22H26N2O4/c1-3-7-21(25)24(14-17-8-5-4-6-9-17)16(2)22(26)23-13-18-10-11-19-20(12-18)28-15-27-19/h4-6,8-12,16H,3,7,13-15H2,1-2H3,(H,23,26). The summed E-state index contributed by atoms with van der Waals surface area (Å²) in [6.45, 7) is 4.73. The Hall–Kier alpha value is -3.02. The summed E-state index contributed by atoms with van der Waals surface area (Å²) in [5, 5.41) is 2.92. The molecule has 1 aliphatic rings. The molecule has 1 N–H and O–H groups in total. The number of rotatable bonds is 8. The molecule has 0 spiro atoms. The summed E-state index contributed by atoms with van der Waals surface area (Å²) in [6.07, 6.45) is 1.17. The molecular formula is C22H26N2O4. The molecule has 1 atom stereocenters. The Morgan fingerprint density at radius 1 is 1.07 bits per heavy atom. The zero-order valence-electron chi connectivity index (χ0n) is 16.3. The van der Waals surface area contributed by atoms with Crippen molar-refractivity contribution in [3.8, 4) is 11.5 Å². The summed E-state index contributed by atoms with van der Waals surface area (Å²) in [5.41, 5.74) is 1.92. The molecule has 1 heterocycles. The first-order chi connectivity index (χ1) is 13.6. The Balaban J connectivity index is 1.64. The third-order valence-corrected chi connectivity index (χ3v) is 4.73. The van der Waals surface area contributed by atoms with Gasteiger partial charge >= 0.3 is 0 Å². The predicted octanol–water partition coefficient (Wildman–Crippen LogP) is 3.25. The number of ether oxygens (including phenoxy) is 2. The van der Waals surface area contributed by atoms with Crippen LogP contribution in [0.4, 0.5) is 0 Å². The maximum Gasteiger partial charge on any atom is 0.242 e. The summed E-state index contributed by atoms with van der Waals surface area (Å²) < 4.78 is 10.7. The van der Waals surface area contributed by atoms with Gasteiger partial charge in [0.25, 0.3) is 0 Å². The first-order valence-electron chi connectivity index (χ1n) is 9.58. The molecule has 2 amide bonds. The number of amides is 2. The molecule has 0 radical (unpaired) electrons. The number of fused-ring (bicyclic) bond motifs is 1. The summed E-state index contributed by atoms with van der Waals surface area (Å²) in [7, 11) is 0. The molecule has 3 rings (SSSR count). The smallest absolute Gasteiger partial charge is 0.242 e. The minimum absolute atomic E-state index is 0.0166. The molecule has 1 aliphatic heterocycles. The molecule has 0 saturated carbocycles. The highest BCUT2D eigenvalue weighted by Crippen LogP contribution is 2.32. The van der Waals surface area contributed by atoms with Crippen LogP contribution in [0.15, 0.2) is 48.5 Å². The Morgan fingerprint density at radius 3 is 2.57 bits per heavy atom. The lowest BCUT2D eigenvalue weighted by molar-refractivity contribution is -0.140. The molecule has 0 aromatic heterocycles. The number of hydrogen-bond donors (Lipinski definition) is 1. The van der Waals surface area contributed by atoms with Crippen LogP contribution in [-0.2, 0) is 22.7 Å². The van der Waals surface area contributed by atoms with E-state index in [-0.39, 0.29) is 18.6 Å². The Kier molecular flexibility index (Phi) is 6.53. The average Bonchev–Trinajstić information content (AvgIpc) is 3.18. The summed E-state index contributed by atoms with van der Waals surface area (Å²) in [4.78, 5) is 27.0. The van der Waals surface area contributed by atoms with Crippen LogP contribution in [0, 0.1) is 0 Å². The van der Waals surface area contributed by atoms with Gasteiger partial charge in [-0.05, 0) is 36.6 Å². The van der Waals surface area contributed by atoms with Crippen molar-refractivity contribution in [1.82, 2.24) is 10.2 Å². The Bertz CT molecular complexity index is 823. The molecule has 6 nitrogen and oxygen atoms in total. The van der Waals surface area contributed by atoms with Crippen LogP contribution in [-0.4, -0.2) is 29.5 Å². The topological polar surface area (TPSA) is 67.9 Å². The molecule has 0 bridgehead atoms. The van der Waals surface area contributed by atoms with E-state index in [9.17, 15) is 9.59 Å². The SMILES string of the molecule is CCCC(=O)N(Cc1ccccc1)C(C)C(=O)NCc1ccc2c(c1)OCO2. The van der Waals surface area contributed by atoms with E-state index in [4.69, 9.17) is 9.47 Å². The fourth-order valence-corrected chi connectivity index (χ4v) is 3.11. The van der Waals surface area contributed by atoms with E-state index in [1.807, 2.05) is 55.5 Å². The molecular weight excluding hydrogens is 356 g/mol. The first kappa shape index (κ1) is 19.7. The highest BCUT2D eigenvalue weighted by molar-refractivity contribution is 5.87. The minimum atomic E-state index is -0.562. The second-order valence-corrected chi connectivity index (χ2v) is 6.84. The fourth-order valence-electron chi connectivity index (χ4n) is 3.11. The van der Waals surface area contributed by atoms with Gasteiger partial charge in [0.05, 0.1) is 0 Å². The van der Waals surface area contributed by atoms with Crippen molar-refractivity contribution in [1.29, 1.82) is 0 Å². The summed E-state index contributed by atoms with van der Waals surface area (Å²) in [5.74, 6) is 1.20. The van der Waals surface area contributed by atoms with Crippen molar-refractivity contribution in [2.75, 3.05) is 6.79 Å². The molecule has 28 heavy (non-hydrogen) atoms. The second kappa shape index (κ2) is 9.26. The van der Waals surface area contributed by atoms with Gasteiger partial charge in [-0.15, -0.1) is 0 Å². The van der Waals surface area contributed by atoms with Crippen LogP contribution in [0.2, 0.25) is 0 Å². The number of carbonyl (C=O) groups excluding carboxylic acids is 2. The van der Waals surface area contributed by atoms with Gasteiger partial charge in [-0.2, -0.15) is 0 Å². The molecule has 148 valence electrons. The Labute approximate surface area is 165 Å². The van der Waals surface area contributed by atoms with Gasteiger partial charge < -0.3 is 19.7 Å². The van der Waals surface area contributed by atoms with Crippen LogP contribution in [0.5, 0.6) is 11.5 Å². The normalized spacial score (nSPS) is 13.1. The molecule has 1 unspecified atom stereocenters. The molecule has 0 saturated heterocycles. The number of hydrogen-bond acceptors (Lipinski definition) is 4. The van der Waals surface area contributed by atoms with Crippen molar-refractivity contribution in [2.24, 2.45) is 0 Å². The zero-order valence-corrected chi connectivity index (χ0v) is 16.3. The van der Waals surface area contributed by atoms with Gasteiger partial charge in [0, 0.05) is 19.5 Å². The van der Waals surface area contributed by atoms with Crippen LogP contribution in [0.3, 0.4) is 0 Å². The van der Waals surface area contributed by atoms with Crippen molar-refractivity contribution < 1.29 is 19.1 Å². The lowest BCUT2D eigenvalue weighted by Gasteiger charge is -2.28. The van der Waals surface area contributed by atoms with Gasteiger partial charge in [-0.25, -0.2) is 0 Å². The van der Waals surface area contributed by atoms with Gasteiger partial charge in [-0.1, -0.05) is 43.3 Å². The lowest BCUT2D eigenvalue weighted by atomic mass is 10.1. The van der Waals surface area contributed by atoms with E-state index < -0.39 is 6.04 Å². The number of carbonyl (C=O) groups is 2. The predicted molar refractivity (Wildman–Crippen MR) is 106 cm³/mol. The maximum atomic E-state index is 12.7. The van der Waals surface area contributed by atoms with Crippen LogP contribution < -0.4 is 14.8 Å². The first-order valence-corrected chi connectivity index (χ1v) is 9.58. The Morgan fingerprint density at radius 2 is 1.82 bits per heavy atom. The summed E-state index contributed by atoms with van der Waals surface area (Å²) in [6, 6.07) is 14.7. The number of benzene rings is 2. The molecule has 0 fully saturated rings. The largest absolute Gasteiger partial charge is 0.454 e. The van der Waals surface area contributed by atoms with E-state index >= 15 is 0 Å². The van der Waals surface area contributed by atoms with Gasteiger partial charge in [0.2, 0.25) is 18.6 Å². The maximum absolute atomic E-state index is 12.7. The van der Waals surface area contributed by atoms with E-state index in [2.05, 4.69) is 5.32 Å². The highest BCUT2D eigenvalue weighted by Gasteiger charge is 2.25. The average molecular weight is 382 g/mol. The quantitative estimate of drug-likeness (QED) is 0.761. The molecule has 0 aliphatic carbocycles. The van der Waals surface area contributed by atoms with E-state index in [0.717, 1.165) is 17.5 Å². The minimum Gasteiger partial charge on any atom is -0.454 e. The van der Waals surface area contributed by atoms with Crippen LogP contribution in [0.1, 0.15) is 37.8 Å². The lowest BCUT2D eigenvalue weighted by Crippen LogP contribution is -2.47. The van der Waals surface area contributed by atoms with Gasteiger partial charge in [0.1, 0.15) is 6.04 Å². The van der Waals surface area contributed by atoms with Gasteiger partial charge in [0.15, 0.2) is 11.5 Å². The second-order valence-electron chi connectivity index (χ2n) is 6.84. The van der Waals surface area contributed by atoms with Crippen molar-refractivity contribution in [2.45, 2.75) is 45.8 Å². The third kappa shape index (κ3) is 4.82. The molecule has 6 heteroatoms. The van der Waals surface area contributed by atoms with Gasteiger partial charge in [-0.3, -0.25) is 9.59 Å². The summed E-state index contributed by atoms with van der Waals surface area (Å²) >= 11 is 0. The molecule has 2 aromatic rings. The fraction of sp³-hybridized carbons (Fsp3) is 0.364. The zero-order chi connectivity index (χ0) is 19.9. The van der Waals surface area contributed by atoms with E-state index in [0.29, 0.717) is 31.0 Å². The number of nitrogens with one attached hydrogen (secondary N) is 1. The van der Waals surface area contributed by atoms with E-state index in [1.165, 1.54) is 0 Å². The number of nitrogens with zero attached hydrogens (tertiary/aromatic N) is 1. The van der Waals surface area contributed by atoms with Crippen molar-refractivity contribution in [3.63, 3.8) is 0 Å². The third-order valence-electron chi connectivity index (χ3n) is 4.73.